The third kappa shape index (κ3) is 3.55. The van der Waals surface area contributed by atoms with Crippen molar-refractivity contribution in [2.75, 3.05) is 28.2 Å². The number of halogens is 1. The van der Waals surface area contributed by atoms with E-state index in [1.807, 2.05) is 24.3 Å². The molecular formula is C23H19FN6O. The number of amides is 2. The minimum Gasteiger partial charge on any atom is -0.366 e. The first-order valence-electron chi connectivity index (χ1n) is 10.1. The molecule has 2 aliphatic rings. The molecule has 1 atom stereocenters. The van der Waals surface area contributed by atoms with Crippen molar-refractivity contribution in [3.63, 3.8) is 0 Å². The number of benzene rings is 1. The summed E-state index contributed by atoms with van der Waals surface area (Å²) in [6, 6.07) is 15.6. The van der Waals surface area contributed by atoms with E-state index in [0.29, 0.717) is 17.1 Å². The lowest BCUT2D eigenvalue weighted by Gasteiger charge is -2.45. The summed E-state index contributed by atoms with van der Waals surface area (Å²) in [5.74, 6) is 0.398. The average Bonchev–Trinajstić information content (AvgIpc) is 2.80. The van der Waals surface area contributed by atoms with Gasteiger partial charge in [-0.25, -0.2) is 19.2 Å². The number of hydrogen-bond acceptors (Lipinski definition) is 5. The van der Waals surface area contributed by atoms with Gasteiger partial charge in [0.15, 0.2) is 5.82 Å². The molecule has 0 saturated carbocycles. The van der Waals surface area contributed by atoms with Gasteiger partial charge in [0.1, 0.15) is 11.6 Å². The molecule has 8 heteroatoms. The Labute approximate surface area is 178 Å². The monoisotopic (exact) mass is 414 g/mol. The molecule has 2 aromatic heterocycles. The highest BCUT2D eigenvalue weighted by Gasteiger charge is 2.38. The van der Waals surface area contributed by atoms with Crippen LogP contribution in [0.2, 0.25) is 0 Å². The third-order valence-electron chi connectivity index (χ3n) is 5.65. The highest BCUT2D eigenvalue weighted by atomic mass is 19.1. The predicted molar refractivity (Wildman–Crippen MR) is 115 cm³/mol. The van der Waals surface area contributed by atoms with Crippen molar-refractivity contribution in [1.82, 2.24) is 9.97 Å². The number of fused-ring (bicyclic) bond motifs is 4. The van der Waals surface area contributed by atoms with E-state index in [1.165, 1.54) is 12.1 Å². The molecule has 1 aromatic carbocycles. The zero-order valence-corrected chi connectivity index (χ0v) is 16.6. The number of piperidine rings is 1. The van der Waals surface area contributed by atoms with E-state index < -0.39 is 5.82 Å². The summed E-state index contributed by atoms with van der Waals surface area (Å²) in [5.41, 5.74) is 2.95. The number of hydrogen-bond donors (Lipinski definition) is 1. The average molecular weight is 414 g/mol. The van der Waals surface area contributed by atoms with E-state index in [0.717, 1.165) is 43.4 Å². The first-order chi connectivity index (χ1) is 15.1. The molecule has 4 heterocycles. The van der Waals surface area contributed by atoms with E-state index in [-0.39, 0.29) is 17.9 Å². The summed E-state index contributed by atoms with van der Waals surface area (Å²) in [6.07, 6.45) is 2.92. The zero-order valence-electron chi connectivity index (χ0n) is 16.6. The first kappa shape index (κ1) is 19.0. The Morgan fingerprint density at radius 3 is 2.94 bits per heavy atom. The van der Waals surface area contributed by atoms with E-state index >= 15 is 0 Å². The molecule has 2 bridgehead atoms. The zero-order chi connectivity index (χ0) is 21.4. The molecule has 0 aliphatic carbocycles. The maximum atomic E-state index is 13.2. The minimum absolute atomic E-state index is 0.0186. The lowest BCUT2D eigenvalue weighted by atomic mass is 9.99. The highest BCUT2D eigenvalue weighted by Crippen LogP contribution is 2.39. The molecule has 1 saturated heterocycles. The largest absolute Gasteiger partial charge is 0.366 e. The van der Waals surface area contributed by atoms with Gasteiger partial charge in [0.05, 0.1) is 35.3 Å². The van der Waals surface area contributed by atoms with Crippen LogP contribution < -0.4 is 15.1 Å². The Kier molecular flexibility index (Phi) is 4.71. The number of rotatable bonds is 2. The van der Waals surface area contributed by atoms with Crippen LogP contribution in [0.15, 0.2) is 54.7 Å². The third-order valence-corrected chi connectivity index (χ3v) is 5.65. The Hall–Kier alpha value is -3.99. The molecule has 2 aliphatic heterocycles. The Balaban J connectivity index is 1.54. The number of pyridine rings is 2. The van der Waals surface area contributed by atoms with Gasteiger partial charge in [-0.15, -0.1) is 0 Å². The molecule has 7 nitrogen and oxygen atoms in total. The van der Waals surface area contributed by atoms with Crippen LogP contribution >= 0.6 is 0 Å². The number of nitrogens with one attached hydrogen (secondary N) is 1. The lowest BCUT2D eigenvalue weighted by Crippen LogP contribution is -2.56. The van der Waals surface area contributed by atoms with Crippen molar-refractivity contribution in [1.29, 1.82) is 5.26 Å². The topological polar surface area (TPSA) is 85.1 Å². The Morgan fingerprint density at radius 2 is 2.13 bits per heavy atom. The van der Waals surface area contributed by atoms with Gasteiger partial charge < -0.3 is 4.90 Å². The van der Waals surface area contributed by atoms with Gasteiger partial charge in [-0.3, -0.25) is 10.2 Å². The second-order valence-corrected chi connectivity index (χ2v) is 7.64. The van der Waals surface area contributed by atoms with Crippen LogP contribution in [0.4, 0.5) is 26.5 Å². The van der Waals surface area contributed by atoms with Crippen LogP contribution in [0.5, 0.6) is 0 Å². The van der Waals surface area contributed by atoms with Gasteiger partial charge in [-0.2, -0.15) is 5.26 Å². The number of nitriles is 1. The molecule has 2 amide bonds. The number of urea groups is 1. The second kappa shape index (κ2) is 7.69. The summed E-state index contributed by atoms with van der Waals surface area (Å²) < 4.78 is 13.2. The summed E-state index contributed by atoms with van der Waals surface area (Å²) in [5, 5.41) is 12.0. The second-order valence-electron chi connectivity index (χ2n) is 7.64. The fraction of sp³-hybridized carbons (Fsp3) is 0.217. The van der Waals surface area contributed by atoms with Crippen LogP contribution in [-0.2, 0) is 0 Å². The fourth-order valence-electron chi connectivity index (χ4n) is 4.21. The SMILES string of the molecule is N#Cc1cccc(-c2ccc3c(n2)N(C(=O)Nc2ccc(F)cn2)[C@@H]2CCCN3C2)c1. The molecule has 1 fully saturated rings. The van der Waals surface area contributed by atoms with Crippen LogP contribution in [0.3, 0.4) is 0 Å². The minimum atomic E-state index is -0.463. The van der Waals surface area contributed by atoms with Crippen molar-refractivity contribution in [3.8, 4) is 17.3 Å². The normalized spacial score (nSPS) is 17.0. The van der Waals surface area contributed by atoms with Gasteiger partial charge in [-0.05, 0) is 49.2 Å². The molecule has 0 radical (unpaired) electrons. The molecule has 31 heavy (non-hydrogen) atoms. The molecule has 1 N–H and O–H groups in total. The van der Waals surface area contributed by atoms with Gasteiger partial charge in [0, 0.05) is 18.7 Å². The number of nitrogens with zero attached hydrogens (tertiary/aromatic N) is 5. The smallest absolute Gasteiger partial charge is 0.329 e. The predicted octanol–water partition coefficient (Wildman–Crippen LogP) is 4.18. The molecule has 3 aromatic rings. The van der Waals surface area contributed by atoms with E-state index in [2.05, 4.69) is 21.3 Å². The standard InChI is InChI=1S/C23H19FN6O/c24-17-6-9-21(26-13-17)28-23(31)30-18-5-2-10-29(14-18)20-8-7-19(27-22(20)30)16-4-1-3-15(11-16)12-25/h1,3-4,6-9,11,13,18H,2,5,10,14H2,(H,26,28,31)/t18-/m1/s1. The van der Waals surface area contributed by atoms with Crippen molar-refractivity contribution >= 4 is 23.4 Å². The fourth-order valence-corrected chi connectivity index (χ4v) is 4.21. The van der Waals surface area contributed by atoms with Gasteiger partial charge >= 0.3 is 6.03 Å². The van der Waals surface area contributed by atoms with Crippen LogP contribution in [0, 0.1) is 17.1 Å². The van der Waals surface area contributed by atoms with Gasteiger partial charge in [0.2, 0.25) is 0 Å². The summed E-state index contributed by atoms with van der Waals surface area (Å²) >= 11 is 0. The molecule has 5 rings (SSSR count). The molecule has 154 valence electrons. The van der Waals surface area contributed by atoms with Crippen molar-refractivity contribution in [2.45, 2.75) is 18.9 Å². The Morgan fingerprint density at radius 1 is 1.23 bits per heavy atom. The number of carbonyl (C=O) groups excluding carboxylic acids is 1. The number of anilines is 3. The van der Waals surface area contributed by atoms with Gasteiger partial charge in [-0.1, -0.05) is 12.1 Å². The van der Waals surface area contributed by atoms with E-state index in [1.54, 1.807) is 17.0 Å². The summed E-state index contributed by atoms with van der Waals surface area (Å²) in [4.78, 5) is 26.0. The molecular weight excluding hydrogens is 395 g/mol. The summed E-state index contributed by atoms with van der Waals surface area (Å²) in [6.45, 7) is 1.66. The van der Waals surface area contributed by atoms with Crippen LogP contribution in [-0.4, -0.2) is 35.1 Å². The lowest BCUT2D eigenvalue weighted by molar-refractivity contribution is 0.252. The Bertz CT molecular complexity index is 1190. The quantitative estimate of drug-likeness (QED) is 0.680. The highest BCUT2D eigenvalue weighted by molar-refractivity contribution is 6.04. The molecule has 0 unspecified atom stereocenters. The maximum Gasteiger partial charge on any atom is 0.329 e. The van der Waals surface area contributed by atoms with E-state index in [9.17, 15) is 14.4 Å². The van der Waals surface area contributed by atoms with E-state index in [4.69, 9.17) is 4.98 Å². The van der Waals surface area contributed by atoms with Crippen molar-refractivity contribution in [2.24, 2.45) is 0 Å². The van der Waals surface area contributed by atoms with Crippen molar-refractivity contribution in [3.05, 3.63) is 66.1 Å². The number of aromatic nitrogens is 2. The van der Waals surface area contributed by atoms with Crippen LogP contribution in [0.1, 0.15) is 18.4 Å². The summed E-state index contributed by atoms with van der Waals surface area (Å²) in [7, 11) is 0. The van der Waals surface area contributed by atoms with Crippen LogP contribution in [0.25, 0.3) is 11.3 Å². The van der Waals surface area contributed by atoms with Crippen molar-refractivity contribution < 1.29 is 9.18 Å². The maximum absolute atomic E-state index is 13.2. The first-order valence-corrected chi connectivity index (χ1v) is 10.1. The van der Waals surface area contributed by atoms with Gasteiger partial charge in [0.25, 0.3) is 0 Å². The number of carbonyl (C=O) groups is 1. The molecule has 0 spiro atoms.